The van der Waals surface area contributed by atoms with Crippen LogP contribution >= 0.6 is 0 Å². The van der Waals surface area contributed by atoms with Crippen LogP contribution in [0.15, 0.2) is 23.7 Å². The van der Waals surface area contributed by atoms with Crippen LogP contribution in [0.1, 0.15) is 49.2 Å². The molecule has 5 nitrogen and oxygen atoms in total. The summed E-state index contributed by atoms with van der Waals surface area (Å²) >= 11 is 0. The van der Waals surface area contributed by atoms with Gasteiger partial charge in [0.2, 0.25) is 0 Å². The molecule has 0 unspecified atom stereocenters. The first-order chi connectivity index (χ1) is 10.6. The predicted octanol–water partition coefficient (Wildman–Crippen LogP) is 2.70. The van der Waals surface area contributed by atoms with Gasteiger partial charge in [-0.2, -0.15) is 0 Å². The number of aliphatic hydroxyl groups is 1. The summed E-state index contributed by atoms with van der Waals surface area (Å²) in [4.78, 5) is 11.4. The average molecular weight is 318 g/mol. The maximum atomic E-state index is 11.4. The van der Waals surface area contributed by atoms with Crippen molar-refractivity contribution in [2.45, 2.75) is 45.8 Å². The van der Waals surface area contributed by atoms with Gasteiger partial charge in [-0.3, -0.25) is 0 Å². The molecule has 1 heterocycles. The van der Waals surface area contributed by atoms with E-state index in [4.69, 9.17) is 9.31 Å². The summed E-state index contributed by atoms with van der Waals surface area (Å²) in [7, 11) is -0.702. The van der Waals surface area contributed by atoms with Gasteiger partial charge in [0, 0.05) is 0 Å². The summed E-state index contributed by atoms with van der Waals surface area (Å²) in [6.45, 7) is 9.32. The van der Waals surface area contributed by atoms with Crippen molar-refractivity contribution >= 4 is 19.2 Å². The molecule has 6 heteroatoms. The summed E-state index contributed by atoms with van der Waals surface area (Å²) < 4.78 is 11.8. The van der Waals surface area contributed by atoms with Gasteiger partial charge < -0.3 is 19.5 Å². The Kier molecular flexibility index (Phi) is 4.71. The number of hydrogen-bond acceptors (Lipinski definition) is 4. The standard InChI is InChI=1S/C17H23BO5/c1-11-6-7-14(15(20)21)12(8-11)9-13(10-19)18-22-16(2,3)17(4,5)23-18/h6-9,19H,10H2,1-5H3,(H,20,21). The number of carbonyl (C=O) groups is 1. The van der Waals surface area contributed by atoms with E-state index >= 15 is 0 Å². The van der Waals surface area contributed by atoms with E-state index in [1.165, 1.54) is 0 Å². The highest BCUT2D eigenvalue weighted by Crippen LogP contribution is 2.38. The summed E-state index contributed by atoms with van der Waals surface area (Å²) in [5.41, 5.74) is 1.10. The minimum absolute atomic E-state index is 0.179. The van der Waals surface area contributed by atoms with Crippen LogP contribution in [-0.2, 0) is 9.31 Å². The zero-order chi connectivity index (χ0) is 17.4. The Morgan fingerprint density at radius 1 is 1.22 bits per heavy atom. The predicted molar refractivity (Wildman–Crippen MR) is 89.3 cm³/mol. The Balaban J connectivity index is 2.41. The third kappa shape index (κ3) is 3.49. The molecule has 0 aliphatic carbocycles. The average Bonchev–Trinajstić information content (AvgIpc) is 2.64. The molecule has 1 saturated heterocycles. The van der Waals surface area contributed by atoms with Crippen molar-refractivity contribution in [2.24, 2.45) is 0 Å². The molecule has 2 N–H and O–H groups in total. The fourth-order valence-corrected chi connectivity index (χ4v) is 2.38. The van der Waals surface area contributed by atoms with Crippen molar-refractivity contribution in [2.75, 3.05) is 6.61 Å². The molecule has 0 atom stereocenters. The number of carboxylic acid groups (broad SMARTS) is 1. The summed E-state index contributed by atoms with van der Waals surface area (Å²) in [5, 5.41) is 19.0. The van der Waals surface area contributed by atoms with Crippen LogP contribution in [0.3, 0.4) is 0 Å². The second-order valence-corrected chi connectivity index (χ2v) is 6.86. The Bertz CT molecular complexity index is 632. The molecule has 0 spiro atoms. The minimum Gasteiger partial charge on any atom is -0.478 e. The molecule has 0 amide bonds. The number of aliphatic hydroxyl groups excluding tert-OH is 1. The molecule has 0 aromatic heterocycles. The third-order valence-electron chi connectivity index (χ3n) is 4.52. The fourth-order valence-electron chi connectivity index (χ4n) is 2.38. The van der Waals surface area contributed by atoms with Crippen LogP contribution in [0.4, 0.5) is 0 Å². The maximum absolute atomic E-state index is 11.4. The quantitative estimate of drug-likeness (QED) is 0.835. The molecule has 1 aromatic rings. The van der Waals surface area contributed by atoms with Crippen LogP contribution in [0.5, 0.6) is 0 Å². The second-order valence-electron chi connectivity index (χ2n) is 6.86. The van der Waals surface area contributed by atoms with E-state index in [0.29, 0.717) is 11.0 Å². The monoisotopic (exact) mass is 318 g/mol. The van der Waals surface area contributed by atoms with Gasteiger partial charge in [0.05, 0.1) is 23.4 Å². The number of carboxylic acids is 1. The van der Waals surface area contributed by atoms with Crippen molar-refractivity contribution in [1.82, 2.24) is 0 Å². The molecule has 1 aliphatic rings. The molecule has 23 heavy (non-hydrogen) atoms. The molecule has 1 aliphatic heterocycles. The van der Waals surface area contributed by atoms with E-state index in [1.54, 1.807) is 24.3 Å². The molecule has 1 aromatic carbocycles. The topological polar surface area (TPSA) is 76.0 Å². The Morgan fingerprint density at radius 2 is 1.78 bits per heavy atom. The highest BCUT2D eigenvalue weighted by molar-refractivity contribution is 6.55. The van der Waals surface area contributed by atoms with Crippen molar-refractivity contribution in [3.63, 3.8) is 0 Å². The number of benzene rings is 1. The van der Waals surface area contributed by atoms with Gasteiger partial charge in [-0.25, -0.2) is 4.79 Å². The smallest absolute Gasteiger partial charge is 0.478 e. The Hall–Kier alpha value is -1.63. The number of hydrogen-bond donors (Lipinski definition) is 2. The lowest BCUT2D eigenvalue weighted by Gasteiger charge is -2.32. The normalized spacial score (nSPS) is 19.9. The van der Waals surface area contributed by atoms with Gasteiger partial charge in [0.25, 0.3) is 0 Å². The molecule has 1 fully saturated rings. The van der Waals surface area contributed by atoms with Crippen molar-refractivity contribution in [3.05, 3.63) is 40.4 Å². The lowest BCUT2D eigenvalue weighted by atomic mass is 9.77. The third-order valence-corrected chi connectivity index (χ3v) is 4.52. The van der Waals surface area contributed by atoms with E-state index in [-0.39, 0.29) is 12.2 Å². The van der Waals surface area contributed by atoms with Gasteiger partial charge in [-0.05, 0) is 51.7 Å². The van der Waals surface area contributed by atoms with E-state index in [2.05, 4.69) is 0 Å². The lowest BCUT2D eigenvalue weighted by Crippen LogP contribution is -2.41. The number of aromatic carboxylic acids is 1. The van der Waals surface area contributed by atoms with Crippen LogP contribution < -0.4 is 0 Å². The number of aryl methyl sites for hydroxylation is 1. The van der Waals surface area contributed by atoms with Gasteiger partial charge in [-0.1, -0.05) is 23.8 Å². The molecular weight excluding hydrogens is 295 g/mol. The molecule has 0 bridgehead atoms. The summed E-state index contributed by atoms with van der Waals surface area (Å²) in [5.74, 6) is -1.01. The van der Waals surface area contributed by atoms with Crippen LogP contribution in [-0.4, -0.2) is 41.1 Å². The van der Waals surface area contributed by atoms with Gasteiger partial charge in [-0.15, -0.1) is 0 Å². The SMILES string of the molecule is Cc1ccc(C(=O)O)c(C=C(CO)B2OC(C)(C)C(C)(C)O2)c1. The highest BCUT2D eigenvalue weighted by atomic mass is 16.7. The zero-order valence-corrected chi connectivity index (χ0v) is 14.2. The lowest BCUT2D eigenvalue weighted by molar-refractivity contribution is 0.00578. The highest BCUT2D eigenvalue weighted by Gasteiger charge is 2.52. The van der Waals surface area contributed by atoms with E-state index in [1.807, 2.05) is 34.6 Å². The Labute approximate surface area is 137 Å². The van der Waals surface area contributed by atoms with E-state index < -0.39 is 24.3 Å². The molecule has 124 valence electrons. The van der Waals surface area contributed by atoms with Crippen molar-refractivity contribution in [1.29, 1.82) is 0 Å². The van der Waals surface area contributed by atoms with Crippen molar-refractivity contribution in [3.8, 4) is 0 Å². The summed E-state index contributed by atoms with van der Waals surface area (Å²) in [6.07, 6.45) is 1.64. The van der Waals surface area contributed by atoms with Crippen LogP contribution in [0.25, 0.3) is 6.08 Å². The largest absolute Gasteiger partial charge is 0.492 e. The number of rotatable bonds is 4. The van der Waals surface area contributed by atoms with Crippen molar-refractivity contribution < 1.29 is 24.3 Å². The Morgan fingerprint density at radius 3 is 2.26 bits per heavy atom. The minimum atomic E-state index is -1.01. The first-order valence-electron chi connectivity index (χ1n) is 7.58. The molecule has 0 radical (unpaired) electrons. The van der Waals surface area contributed by atoms with Gasteiger partial charge in [0.15, 0.2) is 0 Å². The first kappa shape index (κ1) is 17.7. The van der Waals surface area contributed by atoms with Gasteiger partial charge in [0.1, 0.15) is 0 Å². The maximum Gasteiger partial charge on any atom is 0.492 e. The zero-order valence-electron chi connectivity index (χ0n) is 14.2. The van der Waals surface area contributed by atoms with E-state index in [9.17, 15) is 15.0 Å². The fraction of sp³-hybridized carbons (Fsp3) is 0.471. The van der Waals surface area contributed by atoms with Crippen LogP contribution in [0.2, 0.25) is 0 Å². The van der Waals surface area contributed by atoms with E-state index in [0.717, 1.165) is 5.56 Å². The first-order valence-corrected chi connectivity index (χ1v) is 7.58. The molecule has 0 saturated carbocycles. The molecular formula is C17H23BO5. The molecule has 2 rings (SSSR count). The second kappa shape index (κ2) is 6.11. The van der Waals surface area contributed by atoms with Crippen LogP contribution in [0, 0.1) is 6.92 Å². The summed E-state index contributed by atoms with van der Waals surface area (Å²) in [6, 6.07) is 5.07. The van der Waals surface area contributed by atoms with Gasteiger partial charge >= 0.3 is 13.1 Å².